The molecule has 140 valence electrons. The van der Waals surface area contributed by atoms with E-state index in [-0.39, 0.29) is 23.6 Å². The maximum absolute atomic E-state index is 13.3. The van der Waals surface area contributed by atoms with E-state index in [1.54, 1.807) is 12.1 Å². The zero-order chi connectivity index (χ0) is 18.8. The van der Waals surface area contributed by atoms with Crippen molar-refractivity contribution in [3.05, 3.63) is 47.3 Å². The number of benzene rings is 1. The van der Waals surface area contributed by atoms with Gasteiger partial charge in [-0.25, -0.2) is 14.4 Å². The number of aromatic nitrogens is 4. The number of rotatable bonds is 4. The molecule has 7 nitrogen and oxygen atoms in total. The van der Waals surface area contributed by atoms with Crippen molar-refractivity contribution in [3.63, 3.8) is 0 Å². The van der Waals surface area contributed by atoms with Crippen molar-refractivity contribution in [3.8, 4) is 5.88 Å². The number of nitrogens with zero attached hydrogens (tertiary/aromatic N) is 5. The molecule has 3 heterocycles. The highest BCUT2D eigenvalue weighted by atomic mass is 35.5. The van der Waals surface area contributed by atoms with Crippen LogP contribution in [0.5, 0.6) is 5.88 Å². The van der Waals surface area contributed by atoms with E-state index in [2.05, 4.69) is 19.9 Å². The predicted octanol–water partition coefficient (Wildman–Crippen LogP) is 2.36. The molecule has 10 heteroatoms. The third-order valence-electron chi connectivity index (χ3n) is 4.14. The summed E-state index contributed by atoms with van der Waals surface area (Å²) in [5, 5.41) is 0.0506. The number of hydrogen-bond acceptors (Lipinski definition) is 7. The Kier molecular flexibility index (Phi) is 5.24. The predicted molar refractivity (Wildman–Crippen MR) is 101 cm³/mol. The maximum atomic E-state index is 13.3. The van der Waals surface area contributed by atoms with Crippen molar-refractivity contribution in [2.24, 2.45) is 0 Å². The van der Waals surface area contributed by atoms with Gasteiger partial charge in [0.05, 0.1) is 13.1 Å². The summed E-state index contributed by atoms with van der Waals surface area (Å²) in [6.07, 6.45) is 1.37. The molecule has 2 aromatic heterocycles. The fourth-order valence-electron chi connectivity index (χ4n) is 2.84. The summed E-state index contributed by atoms with van der Waals surface area (Å²) >= 11 is 5.30. The van der Waals surface area contributed by atoms with Crippen molar-refractivity contribution in [2.75, 3.05) is 29.5 Å². The molecule has 1 aliphatic rings. The Labute approximate surface area is 162 Å². The molecule has 1 saturated heterocycles. The van der Waals surface area contributed by atoms with Crippen LogP contribution in [0.2, 0.25) is 5.28 Å². The summed E-state index contributed by atoms with van der Waals surface area (Å²) < 4.78 is 30.7. The van der Waals surface area contributed by atoms with Crippen LogP contribution < -0.4 is 9.64 Å². The van der Waals surface area contributed by atoms with E-state index in [0.717, 1.165) is 0 Å². The van der Waals surface area contributed by atoms with Crippen LogP contribution in [-0.2, 0) is 17.8 Å². The number of halogens is 2. The Morgan fingerprint density at radius 1 is 1.19 bits per heavy atom. The fourth-order valence-corrected chi connectivity index (χ4v) is 4.06. The first-order chi connectivity index (χ1) is 13.1. The van der Waals surface area contributed by atoms with Crippen molar-refractivity contribution < 1.29 is 13.7 Å². The molecule has 0 amide bonds. The molecule has 3 aromatic rings. The lowest BCUT2D eigenvalue weighted by molar-refractivity contribution is 0.296. The average molecular weight is 408 g/mol. The largest absolute Gasteiger partial charge is 0.616 e. The second kappa shape index (κ2) is 7.79. The molecule has 0 N–H and O–H groups in total. The van der Waals surface area contributed by atoms with Gasteiger partial charge in [-0.1, -0.05) is 23.3 Å². The zero-order valence-electron chi connectivity index (χ0n) is 14.1. The van der Waals surface area contributed by atoms with Gasteiger partial charge in [0.15, 0.2) is 11.3 Å². The minimum Gasteiger partial charge on any atom is -0.616 e. The molecule has 1 aliphatic heterocycles. The van der Waals surface area contributed by atoms with Gasteiger partial charge < -0.3 is 14.2 Å². The molecule has 27 heavy (non-hydrogen) atoms. The summed E-state index contributed by atoms with van der Waals surface area (Å²) in [4.78, 5) is 18.9. The third-order valence-corrected chi connectivity index (χ3v) is 5.59. The fraction of sp³-hybridized carbons (Fsp3) is 0.294. The van der Waals surface area contributed by atoms with E-state index < -0.39 is 11.2 Å². The summed E-state index contributed by atoms with van der Waals surface area (Å²) in [5.74, 6) is 1.61. The van der Waals surface area contributed by atoms with Gasteiger partial charge in [-0.15, -0.1) is 0 Å². The van der Waals surface area contributed by atoms with Crippen LogP contribution in [0.4, 0.5) is 10.2 Å². The van der Waals surface area contributed by atoms with Gasteiger partial charge in [-0.3, -0.25) is 0 Å². The van der Waals surface area contributed by atoms with Crippen LogP contribution in [0.25, 0.3) is 11.0 Å². The molecule has 0 bridgehead atoms. The molecule has 0 spiro atoms. The highest BCUT2D eigenvalue weighted by Crippen LogP contribution is 2.29. The van der Waals surface area contributed by atoms with Crippen molar-refractivity contribution in [2.45, 2.75) is 6.61 Å². The second-order valence-electron chi connectivity index (χ2n) is 5.95. The minimum atomic E-state index is -0.810. The minimum absolute atomic E-state index is 0.0506. The number of ether oxygens (including phenoxy) is 1. The first kappa shape index (κ1) is 18.1. The first-order valence-electron chi connectivity index (χ1n) is 8.25. The van der Waals surface area contributed by atoms with E-state index in [1.165, 1.54) is 18.5 Å². The van der Waals surface area contributed by atoms with E-state index >= 15 is 0 Å². The summed E-state index contributed by atoms with van der Waals surface area (Å²) in [7, 11) is 0. The SMILES string of the molecule is [O-][S+]1CCN(c2nc(Cl)nc3c(OCc4cccc(F)c4)ncnc23)CC1. The number of fused-ring (bicyclic) bond motifs is 1. The molecule has 0 radical (unpaired) electrons. The molecular weight excluding hydrogens is 393 g/mol. The molecular formula is C17H15ClFN5O2S. The summed E-state index contributed by atoms with van der Waals surface area (Å²) in [6, 6.07) is 6.14. The van der Waals surface area contributed by atoms with E-state index in [9.17, 15) is 8.94 Å². The summed E-state index contributed by atoms with van der Waals surface area (Å²) in [5.41, 5.74) is 1.56. The van der Waals surface area contributed by atoms with Crippen LogP contribution in [0.1, 0.15) is 5.56 Å². The Balaban J connectivity index is 1.66. The Morgan fingerprint density at radius 2 is 2.00 bits per heavy atom. The molecule has 0 aliphatic carbocycles. The summed E-state index contributed by atoms with van der Waals surface area (Å²) in [6.45, 7) is 1.32. The van der Waals surface area contributed by atoms with Crippen LogP contribution in [0.3, 0.4) is 0 Å². The standard InChI is InChI=1S/C17H15ClFN5O2S/c18-17-22-14-13(15(23-17)24-4-6-27(25)7-5-24)20-10-21-16(14)26-9-11-2-1-3-12(19)8-11/h1-3,8,10H,4-7,9H2. The lowest BCUT2D eigenvalue weighted by Crippen LogP contribution is -2.41. The van der Waals surface area contributed by atoms with Crippen LogP contribution in [0.15, 0.2) is 30.6 Å². The van der Waals surface area contributed by atoms with Gasteiger partial charge in [0.25, 0.3) is 0 Å². The molecule has 1 fully saturated rings. The topological polar surface area (TPSA) is 87.1 Å². The van der Waals surface area contributed by atoms with Crippen molar-refractivity contribution in [1.29, 1.82) is 0 Å². The second-order valence-corrected chi connectivity index (χ2v) is 7.98. The van der Waals surface area contributed by atoms with Gasteiger partial charge in [0.1, 0.15) is 35.8 Å². The van der Waals surface area contributed by atoms with E-state index in [4.69, 9.17) is 16.3 Å². The lowest BCUT2D eigenvalue weighted by atomic mass is 10.2. The van der Waals surface area contributed by atoms with Crippen molar-refractivity contribution >= 4 is 39.6 Å². The van der Waals surface area contributed by atoms with E-state index in [0.29, 0.717) is 47.0 Å². The van der Waals surface area contributed by atoms with Gasteiger partial charge >= 0.3 is 0 Å². The van der Waals surface area contributed by atoms with Gasteiger partial charge in [-0.05, 0) is 29.3 Å². The highest BCUT2D eigenvalue weighted by molar-refractivity contribution is 7.91. The average Bonchev–Trinajstić information content (AvgIpc) is 2.66. The van der Waals surface area contributed by atoms with Crippen LogP contribution in [0, 0.1) is 5.82 Å². The Bertz CT molecular complexity index is 971. The van der Waals surface area contributed by atoms with Crippen LogP contribution in [-0.4, -0.2) is 49.1 Å². The normalized spacial score (nSPS) is 15.3. The smallest absolute Gasteiger partial charge is 0.244 e. The molecule has 0 atom stereocenters. The Hall–Kier alpha value is -2.23. The molecule has 4 rings (SSSR count). The maximum Gasteiger partial charge on any atom is 0.244 e. The third kappa shape index (κ3) is 4.05. The van der Waals surface area contributed by atoms with E-state index in [1.807, 2.05) is 4.90 Å². The number of anilines is 1. The van der Waals surface area contributed by atoms with Crippen LogP contribution >= 0.6 is 11.6 Å². The lowest BCUT2D eigenvalue weighted by Gasteiger charge is -2.29. The van der Waals surface area contributed by atoms with Gasteiger partial charge in [-0.2, -0.15) is 9.97 Å². The number of hydrogen-bond donors (Lipinski definition) is 0. The zero-order valence-corrected chi connectivity index (χ0v) is 15.7. The quantitative estimate of drug-likeness (QED) is 0.484. The van der Waals surface area contributed by atoms with Gasteiger partial charge in [0.2, 0.25) is 11.2 Å². The first-order valence-corrected chi connectivity index (χ1v) is 10.1. The monoisotopic (exact) mass is 407 g/mol. The van der Waals surface area contributed by atoms with Crippen molar-refractivity contribution in [1.82, 2.24) is 19.9 Å². The molecule has 0 saturated carbocycles. The Morgan fingerprint density at radius 3 is 2.78 bits per heavy atom. The molecule has 0 unspecified atom stereocenters. The highest BCUT2D eigenvalue weighted by Gasteiger charge is 2.24. The molecule has 1 aromatic carbocycles. The van der Waals surface area contributed by atoms with Gasteiger partial charge in [0, 0.05) is 0 Å².